The fourth-order valence-corrected chi connectivity index (χ4v) is 2.91. The summed E-state index contributed by atoms with van der Waals surface area (Å²) in [6.07, 6.45) is 8.43. The van der Waals surface area contributed by atoms with Crippen molar-refractivity contribution in [1.29, 1.82) is 0 Å². The first-order chi connectivity index (χ1) is 8.22. The van der Waals surface area contributed by atoms with Crippen molar-refractivity contribution < 1.29 is 47.2 Å². The summed E-state index contributed by atoms with van der Waals surface area (Å²) >= 11 is -0.468. The van der Waals surface area contributed by atoms with Crippen LogP contribution in [0.1, 0.15) is 38.5 Å². The molecule has 102 valence electrons. The molecule has 1 aliphatic rings. The Bertz CT molecular complexity index is 223. The van der Waals surface area contributed by atoms with Crippen molar-refractivity contribution in [2.24, 2.45) is 0 Å². The van der Waals surface area contributed by atoms with Crippen LogP contribution >= 0.6 is 12.0 Å². The second kappa shape index (κ2) is 12.1. The van der Waals surface area contributed by atoms with Crippen LogP contribution in [0.15, 0.2) is 0 Å². The summed E-state index contributed by atoms with van der Waals surface area (Å²) in [6, 6.07) is 0. The average Bonchev–Trinajstić information content (AvgIpc) is 2.31. The van der Waals surface area contributed by atoms with Crippen LogP contribution < -0.4 is 29.6 Å². The molecule has 0 saturated heterocycles. The first kappa shape index (κ1) is 19.4. The summed E-state index contributed by atoms with van der Waals surface area (Å²) < 4.78 is 31.8. The van der Waals surface area contributed by atoms with Crippen molar-refractivity contribution >= 4 is 23.1 Å². The molecular weight excluding hydrogens is 283 g/mol. The van der Waals surface area contributed by atoms with Crippen molar-refractivity contribution in [3.63, 3.8) is 0 Å². The fourth-order valence-electron chi connectivity index (χ4n) is 2.00. The Labute approximate surface area is 139 Å². The largest absolute Gasteiger partial charge is 1.00 e. The molecule has 7 heteroatoms. The van der Waals surface area contributed by atoms with E-state index < -0.39 is 11.1 Å². The van der Waals surface area contributed by atoms with E-state index in [1.165, 1.54) is 12.0 Å². The van der Waals surface area contributed by atoms with Gasteiger partial charge in [0, 0.05) is 18.6 Å². The van der Waals surface area contributed by atoms with Gasteiger partial charge in [0.15, 0.2) is 0 Å². The van der Waals surface area contributed by atoms with E-state index in [9.17, 15) is 8.76 Å². The zero-order valence-electron chi connectivity index (χ0n) is 11.3. The summed E-state index contributed by atoms with van der Waals surface area (Å²) in [5, 5.41) is 0. The minimum atomic E-state index is -1.91. The maximum Gasteiger partial charge on any atom is 1.00 e. The van der Waals surface area contributed by atoms with Crippen molar-refractivity contribution in [3.05, 3.63) is 0 Å². The molecule has 0 amide bonds. The first-order valence-corrected chi connectivity index (χ1v) is 8.48. The van der Waals surface area contributed by atoms with Crippen molar-refractivity contribution in [3.8, 4) is 0 Å². The Morgan fingerprint density at radius 2 is 1.83 bits per heavy atom. The molecule has 0 heterocycles. The second-order valence-corrected chi connectivity index (χ2v) is 5.79. The van der Waals surface area contributed by atoms with Gasteiger partial charge in [0.2, 0.25) is 0 Å². The minimum Gasteiger partial charge on any atom is -0.772 e. The molecule has 0 aromatic carbocycles. The van der Waals surface area contributed by atoms with Crippen LogP contribution in [0.25, 0.3) is 0 Å². The van der Waals surface area contributed by atoms with E-state index in [4.69, 9.17) is 8.92 Å². The van der Waals surface area contributed by atoms with E-state index in [0.29, 0.717) is 25.2 Å². The zero-order chi connectivity index (χ0) is 12.5. The molecule has 0 aromatic rings. The van der Waals surface area contributed by atoms with Gasteiger partial charge in [-0.05, 0) is 50.6 Å². The molecule has 1 rings (SSSR count). The van der Waals surface area contributed by atoms with Crippen LogP contribution in [-0.2, 0) is 20.0 Å². The van der Waals surface area contributed by atoms with Gasteiger partial charge in [0.25, 0.3) is 0 Å². The molecule has 1 saturated carbocycles. The maximum atomic E-state index is 10.3. The van der Waals surface area contributed by atoms with Crippen molar-refractivity contribution in [2.75, 3.05) is 18.6 Å². The normalized spacial score (nSPS) is 25.4. The molecule has 0 aromatic heterocycles. The molecule has 1 fully saturated rings. The molecule has 0 bridgehead atoms. The average molecular weight is 304 g/mol. The summed E-state index contributed by atoms with van der Waals surface area (Å²) in [5.74, 6) is 0.248. The molecule has 0 spiro atoms. The quantitative estimate of drug-likeness (QED) is 0.256. The Morgan fingerprint density at radius 1 is 1.22 bits per heavy atom. The minimum absolute atomic E-state index is 0. The maximum absolute atomic E-state index is 10.3. The van der Waals surface area contributed by atoms with Gasteiger partial charge in [0.1, 0.15) is 0 Å². The molecular formula is C11H21NaO4S2. The smallest absolute Gasteiger partial charge is 0.772 e. The van der Waals surface area contributed by atoms with Gasteiger partial charge >= 0.3 is 29.6 Å². The van der Waals surface area contributed by atoms with E-state index in [1.54, 1.807) is 0 Å². The van der Waals surface area contributed by atoms with Crippen LogP contribution in [0.2, 0.25) is 0 Å². The molecule has 0 radical (unpaired) electrons. The number of rotatable bonds is 8. The molecule has 18 heavy (non-hydrogen) atoms. The van der Waals surface area contributed by atoms with Crippen molar-refractivity contribution in [2.45, 2.75) is 50.7 Å². The van der Waals surface area contributed by atoms with Gasteiger partial charge in [-0.25, -0.2) is 0 Å². The standard InChI is InChI=1S/C11H22O4S2.Na/c1-16-15-11-6-4-10(5-7-11)14-8-2-3-9-17(12)13;/h10-11H,2-9H2,1H3,(H,12,13);/q;+1/p-1. The zero-order valence-corrected chi connectivity index (χ0v) is 14.9. The van der Waals surface area contributed by atoms with E-state index in [2.05, 4.69) is 0 Å². The second-order valence-electron chi connectivity index (χ2n) is 4.25. The Balaban J connectivity index is 0.00000289. The van der Waals surface area contributed by atoms with E-state index in [-0.39, 0.29) is 35.3 Å². The molecule has 0 N–H and O–H groups in total. The predicted molar refractivity (Wildman–Crippen MR) is 69.6 cm³/mol. The Morgan fingerprint density at radius 3 is 2.39 bits per heavy atom. The first-order valence-electron chi connectivity index (χ1n) is 6.09. The third-order valence-corrected chi connectivity index (χ3v) is 4.00. The molecule has 1 unspecified atom stereocenters. The van der Waals surface area contributed by atoms with Gasteiger partial charge in [0.05, 0.1) is 12.2 Å². The predicted octanol–water partition coefficient (Wildman–Crippen LogP) is -0.728. The number of hydrogen-bond acceptors (Lipinski definition) is 5. The summed E-state index contributed by atoms with van der Waals surface area (Å²) in [5.41, 5.74) is 0. The van der Waals surface area contributed by atoms with Gasteiger partial charge < -0.3 is 13.5 Å². The topological polar surface area (TPSA) is 58.6 Å². The van der Waals surface area contributed by atoms with Crippen LogP contribution in [-0.4, -0.2) is 39.6 Å². The number of hydrogen-bond donors (Lipinski definition) is 0. The van der Waals surface area contributed by atoms with Gasteiger partial charge in [-0.3, -0.25) is 4.21 Å². The monoisotopic (exact) mass is 304 g/mol. The molecule has 0 aliphatic heterocycles. The summed E-state index contributed by atoms with van der Waals surface area (Å²) in [4.78, 5) is 0. The van der Waals surface area contributed by atoms with Crippen LogP contribution in [0.5, 0.6) is 0 Å². The van der Waals surface area contributed by atoms with Crippen LogP contribution in [0.3, 0.4) is 0 Å². The summed E-state index contributed by atoms with van der Waals surface area (Å²) in [7, 11) is 0. The fraction of sp³-hybridized carbons (Fsp3) is 1.00. The SMILES string of the molecule is CSOC1CCC(OCCCCS(=O)[O-])CC1.[Na+]. The van der Waals surface area contributed by atoms with E-state index in [0.717, 1.165) is 32.1 Å². The van der Waals surface area contributed by atoms with E-state index >= 15 is 0 Å². The molecule has 1 aliphatic carbocycles. The third-order valence-electron chi connectivity index (χ3n) is 2.91. The van der Waals surface area contributed by atoms with Crippen LogP contribution in [0, 0.1) is 0 Å². The Kier molecular flexibility index (Phi) is 13.1. The molecule has 1 atom stereocenters. The van der Waals surface area contributed by atoms with Gasteiger partial charge in [-0.2, -0.15) is 0 Å². The number of ether oxygens (including phenoxy) is 1. The molecule has 4 nitrogen and oxygen atoms in total. The summed E-state index contributed by atoms with van der Waals surface area (Å²) in [6.45, 7) is 0.677. The third kappa shape index (κ3) is 9.31. The Hall–Kier alpha value is 1.38. The van der Waals surface area contributed by atoms with Crippen LogP contribution in [0.4, 0.5) is 0 Å². The number of unbranched alkanes of at least 4 members (excludes halogenated alkanes) is 1. The van der Waals surface area contributed by atoms with E-state index in [1.807, 2.05) is 6.26 Å². The van der Waals surface area contributed by atoms with Gasteiger partial charge in [-0.1, -0.05) is 11.1 Å². The van der Waals surface area contributed by atoms with Gasteiger partial charge in [-0.15, -0.1) is 0 Å². The van der Waals surface area contributed by atoms with Crippen molar-refractivity contribution in [1.82, 2.24) is 0 Å².